The lowest BCUT2D eigenvalue weighted by atomic mass is 10.2. The van der Waals surface area contributed by atoms with Gasteiger partial charge in [-0.25, -0.2) is 4.57 Å². The van der Waals surface area contributed by atoms with Crippen molar-refractivity contribution in [3.8, 4) is 0 Å². The second kappa shape index (κ2) is 2.82. The fourth-order valence-corrected chi connectivity index (χ4v) is 1.10. The van der Waals surface area contributed by atoms with Crippen LogP contribution in [0.2, 0.25) is 0 Å². The standard InChI is InChI=1S/C9H14N/c1-4-9-7-5-6-8(2)10(9)3/h5-7H,4H2,1-3H3/q+1. The first kappa shape index (κ1) is 7.26. The quantitative estimate of drug-likeness (QED) is 0.513. The molecule has 0 aliphatic rings. The summed E-state index contributed by atoms with van der Waals surface area (Å²) in [6.45, 7) is 4.30. The Labute approximate surface area is 62.3 Å². The molecule has 1 aromatic rings. The fraction of sp³-hybridized carbons (Fsp3) is 0.444. The van der Waals surface area contributed by atoms with Gasteiger partial charge in [-0.3, -0.25) is 0 Å². The number of pyridine rings is 1. The molecule has 0 unspecified atom stereocenters. The molecule has 0 atom stereocenters. The van der Waals surface area contributed by atoms with Gasteiger partial charge >= 0.3 is 0 Å². The molecule has 1 rings (SSSR count). The van der Waals surface area contributed by atoms with Crippen molar-refractivity contribution in [1.29, 1.82) is 0 Å². The van der Waals surface area contributed by atoms with Crippen LogP contribution in [0.15, 0.2) is 18.2 Å². The molecule has 0 aromatic carbocycles. The highest BCUT2D eigenvalue weighted by Gasteiger charge is 2.03. The molecular weight excluding hydrogens is 122 g/mol. The molecule has 1 heteroatoms. The van der Waals surface area contributed by atoms with Crippen LogP contribution < -0.4 is 4.57 Å². The Kier molecular flexibility index (Phi) is 2.05. The van der Waals surface area contributed by atoms with Gasteiger partial charge in [0.15, 0.2) is 11.4 Å². The van der Waals surface area contributed by atoms with Crippen LogP contribution in [-0.2, 0) is 13.5 Å². The van der Waals surface area contributed by atoms with E-state index in [1.165, 1.54) is 11.4 Å². The molecule has 0 radical (unpaired) electrons. The number of rotatable bonds is 1. The Morgan fingerprint density at radius 2 is 2.10 bits per heavy atom. The molecule has 0 saturated heterocycles. The molecule has 0 aliphatic carbocycles. The largest absolute Gasteiger partial charge is 0.203 e. The number of aromatic nitrogens is 1. The van der Waals surface area contributed by atoms with E-state index in [2.05, 4.69) is 43.7 Å². The summed E-state index contributed by atoms with van der Waals surface area (Å²) in [5, 5.41) is 0. The minimum atomic E-state index is 1.11. The summed E-state index contributed by atoms with van der Waals surface area (Å²) in [7, 11) is 2.11. The van der Waals surface area contributed by atoms with Gasteiger partial charge in [0.2, 0.25) is 0 Å². The zero-order valence-electron chi connectivity index (χ0n) is 6.89. The predicted molar refractivity (Wildman–Crippen MR) is 41.7 cm³/mol. The first-order chi connectivity index (χ1) is 4.75. The molecular formula is C9H14N+. The van der Waals surface area contributed by atoms with E-state index >= 15 is 0 Å². The van der Waals surface area contributed by atoms with E-state index in [1.807, 2.05) is 0 Å². The summed E-state index contributed by atoms with van der Waals surface area (Å²) >= 11 is 0. The maximum absolute atomic E-state index is 2.22. The first-order valence-corrected chi connectivity index (χ1v) is 3.70. The van der Waals surface area contributed by atoms with Crippen LogP contribution in [-0.4, -0.2) is 0 Å². The second-order valence-electron chi connectivity index (χ2n) is 2.57. The molecule has 0 N–H and O–H groups in total. The van der Waals surface area contributed by atoms with Crippen molar-refractivity contribution in [3.63, 3.8) is 0 Å². The van der Waals surface area contributed by atoms with Crippen molar-refractivity contribution in [2.75, 3.05) is 0 Å². The Balaban J connectivity index is 3.14. The Morgan fingerprint density at radius 3 is 2.60 bits per heavy atom. The molecule has 1 aromatic heterocycles. The van der Waals surface area contributed by atoms with E-state index in [1.54, 1.807) is 0 Å². The van der Waals surface area contributed by atoms with Crippen molar-refractivity contribution in [2.45, 2.75) is 20.3 Å². The molecule has 54 valence electrons. The van der Waals surface area contributed by atoms with Gasteiger partial charge in [-0.15, -0.1) is 0 Å². The smallest absolute Gasteiger partial charge is 0.180 e. The maximum atomic E-state index is 2.22. The van der Waals surface area contributed by atoms with Gasteiger partial charge < -0.3 is 0 Å². The van der Waals surface area contributed by atoms with Gasteiger partial charge in [0.25, 0.3) is 0 Å². The van der Waals surface area contributed by atoms with Crippen LogP contribution in [0.25, 0.3) is 0 Å². The van der Waals surface area contributed by atoms with E-state index in [0.29, 0.717) is 0 Å². The fourth-order valence-electron chi connectivity index (χ4n) is 1.10. The van der Waals surface area contributed by atoms with E-state index < -0.39 is 0 Å². The van der Waals surface area contributed by atoms with Crippen LogP contribution >= 0.6 is 0 Å². The number of aryl methyl sites for hydroxylation is 2. The highest BCUT2D eigenvalue weighted by atomic mass is 14.9. The molecule has 0 amide bonds. The lowest BCUT2D eigenvalue weighted by molar-refractivity contribution is -0.685. The van der Waals surface area contributed by atoms with Crippen LogP contribution in [0.5, 0.6) is 0 Å². The van der Waals surface area contributed by atoms with E-state index in [9.17, 15) is 0 Å². The van der Waals surface area contributed by atoms with Gasteiger partial charge in [-0.05, 0) is 6.07 Å². The molecule has 1 nitrogen and oxygen atoms in total. The van der Waals surface area contributed by atoms with Crippen LogP contribution in [0.3, 0.4) is 0 Å². The van der Waals surface area contributed by atoms with E-state index in [-0.39, 0.29) is 0 Å². The minimum absolute atomic E-state index is 1.11. The third kappa shape index (κ3) is 1.18. The summed E-state index contributed by atoms with van der Waals surface area (Å²) in [5.41, 5.74) is 2.71. The molecule has 1 heterocycles. The van der Waals surface area contributed by atoms with Gasteiger partial charge in [0.1, 0.15) is 7.05 Å². The maximum Gasteiger partial charge on any atom is 0.180 e. The van der Waals surface area contributed by atoms with Crippen LogP contribution in [0, 0.1) is 6.92 Å². The summed E-state index contributed by atoms with van der Waals surface area (Å²) in [4.78, 5) is 0. The van der Waals surface area contributed by atoms with Gasteiger partial charge in [0, 0.05) is 25.5 Å². The van der Waals surface area contributed by atoms with Gasteiger partial charge in [-0.2, -0.15) is 0 Å². The van der Waals surface area contributed by atoms with Crippen molar-refractivity contribution >= 4 is 0 Å². The number of hydrogen-bond donors (Lipinski definition) is 0. The average molecular weight is 136 g/mol. The monoisotopic (exact) mass is 136 g/mol. The molecule has 0 spiro atoms. The van der Waals surface area contributed by atoms with Crippen molar-refractivity contribution in [1.82, 2.24) is 0 Å². The summed E-state index contributed by atoms with van der Waals surface area (Å²) in [6, 6.07) is 6.39. The normalized spacial score (nSPS) is 9.90. The summed E-state index contributed by atoms with van der Waals surface area (Å²) in [6.07, 6.45) is 1.11. The third-order valence-electron chi connectivity index (χ3n) is 1.95. The molecule has 0 aliphatic heterocycles. The minimum Gasteiger partial charge on any atom is -0.203 e. The first-order valence-electron chi connectivity index (χ1n) is 3.70. The third-order valence-corrected chi connectivity index (χ3v) is 1.95. The van der Waals surface area contributed by atoms with E-state index in [0.717, 1.165) is 6.42 Å². The molecule has 10 heavy (non-hydrogen) atoms. The summed E-state index contributed by atoms with van der Waals surface area (Å²) < 4.78 is 2.22. The highest BCUT2D eigenvalue weighted by Crippen LogP contribution is 1.94. The molecule has 0 saturated carbocycles. The topological polar surface area (TPSA) is 3.88 Å². The van der Waals surface area contributed by atoms with Gasteiger partial charge in [0.05, 0.1) is 0 Å². The summed E-state index contributed by atoms with van der Waals surface area (Å²) in [5.74, 6) is 0. The molecule has 0 fully saturated rings. The van der Waals surface area contributed by atoms with Crippen molar-refractivity contribution in [3.05, 3.63) is 29.6 Å². The predicted octanol–water partition coefficient (Wildman–Crippen LogP) is 1.38. The Bertz CT molecular complexity index is 228. The van der Waals surface area contributed by atoms with Crippen LogP contribution in [0.1, 0.15) is 18.3 Å². The average Bonchev–Trinajstić information content (AvgIpc) is 1.95. The molecule has 0 bridgehead atoms. The van der Waals surface area contributed by atoms with Crippen LogP contribution in [0.4, 0.5) is 0 Å². The lowest BCUT2D eigenvalue weighted by Gasteiger charge is -1.97. The van der Waals surface area contributed by atoms with Crippen molar-refractivity contribution < 1.29 is 4.57 Å². The second-order valence-corrected chi connectivity index (χ2v) is 2.57. The number of nitrogens with zero attached hydrogens (tertiary/aromatic N) is 1. The zero-order valence-corrected chi connectivity index (χ0v) is 6.89. The lowest BCUT2D eigenvalue weighted by Crippen LogP contribution is -2.36. The van der Waals surface area contributed by atoms with E-state index in [4.69, 9.17) is 0 Å². The Morgan fingerprint density at radius 1 is 1.40 bits per heavy atom. The SMILES string of the molecule is CCc1cccc(C)[n+]1C. The Hall–Kier alpha value is -0.850. The highest BCUT2D eigenvalue weighted by molar-refractivity contribution is 5.01. The number of hydrogen-bond acceptors (Lipinski definition) is 0. The van der Waals surface area contributed by atoms with Crippen molar-refractivity contribution in [2.24, 2.45) is 7.05 Å². The zero-order chi connectivity index (χ0) is 7.56. The van der Waals surface area contributed by atoms with Gasteiger partial charge in [-0.1, -0.05) is 6.92 Å².